The number of carbonyl (C=O) groups excluding carboxylic acids is 1. The molecule has 0 fully saturated rings. The Hall–Kier alpha value is -0.720. The molecular formula is C11H11BrClFN2OS. The van der Waals surface area contributed by atoms with Crippen LogP contribution in [0, 0.1) is 11.2 Å². The number of thiocarbonyl (C=S) groups is 1. The maximum Gasteiger partial charge on any atom is 0.236 e. The Morgan fingerprint density at radius 2 is 2.11 bits per heavy atom. The number of hydrogen-bond donors (Lipinski definition) is 2. The summed E-state index contributed by atoms with van der Waals surface area (Å²) in [5.41, 5.74) is 4.75. The average Bonchev–Trinajstić information content (AvgIpc) is 2.22. The topological polar surface area (TPSA) is 55.1 Å². The second kappa shape index (κ2) is 5.50. The van der Waals surface area contributed by atoms with Crippen molar-refractivity contribution in [3.05, 3.63) is 27.4 Å². The normalized spacial score (nSPS) is 11.2. The Bertz CT molecular complexity index is 499. The molecule has 0 atom stereocenters. The van der Waals surface area contributed by atoms with Gasteiger partial charge >= 0.3 is 0 Å². The molecule has 1 aromatic rings. The summed E-state index contributed by atoms with van der Waals surface area (Å²) in [5.74, 6) is -0.914. The molecule has 0 aliphatic heterocycles. The van der Waals surface area contributed by atoms with Crippen LogP contribution in [0.5, 0.6) is 0 Å². The van der Waals surface area contributed by atoms with Crippen molar-refractivity contribution in [2.45, 2.75) is 13.8 Å². The lowest BCUT2D eigenvalue weighted by molar-refractivity contribution is -0.121. The Labute approximate surface area is 123 Å². The molecule has 0 aliphatic carbocycles. The van der Waals surface area contributed by atoms with E-state index in [4.69, 9.17) is 29.6 Å². The number of amides is 1. The Balaban J connectivity index is 3.07. The van der Waals surface area contributed by atoms with Crippen molar-refractivity contribution in [2.24, 2.45) is 11.1 Å². The van der Waals surface area contributed by atoms with E-state index in [0.29, 0.717) is 4.47 Å². The fraction of sp³-hybridized carbons (Fsp3) is 0.273. The van der Waals surface area contributed by atoms with Gasteiger partial charge in [-0.2, -0.15) is 0 Å². The van der Waals surface area contributed by atoms with Crippen molar-refractivity contribution in [2.75, 3.05) is 5.32 Å². The van der Waals surface area contributed by atoms with Crippen LogP contribution in [0.15, 0.2) is 16.6 Å². The lowest BCUT2D eigenvalue weighted by atomic mass is 9.92. The molecule has 0 saturated carbocycles. The standard InChI is InChI=1S/C11H11BrClFN2OS/c1-11(2,9(15)18)10(17)16-8-6(12)3-5(14)4-7(8)13/h3-4H,1-2H3,(H2,15,18)(H,16,17). The number of carbonyl (C=O) groups is 1. The first kappa shape index (κ1) is 15.3. The molecule has 1 amide bonds. The summed E-state index contributed by atoms with van der Waals surface area (Å²) in [4.78, 5) is 12.1. The Morgan fingerprint density at radius 1 is 1.56 bits per heavy atom. The monoisotopic (exact) mass is 352 g/mol. The largest absolute Gasteiger partial charge is 0.392 e. The van der Waals surface area contributed by atoms with Crippen LogP contribution in [0.4, 0.5) is 10.1 Å². The van der Waals surface area contributed by atoms with E-state index in [-0.39, 0.29) is 15.7 Å². The molecule has 0 heterocycles. The summed E-state index contributed by atoms with van der Waals surface area (Å²) in [7, 11) is 0. The van der Waals surface area contributed by atoms with Gasteiger partial charge in [-0.15, -0.1) is 0 Å². The minimum absolute atomic E-state index is 0.0642. The quantitative estimate of drug-likeness (QED) is 0.818. The van der Waals surface area contributed by atoms with E-state index in [9.17, 15) is 9.18 Å². The number of nitrogens with two attached hydrogens (primary N) is 1. The number of nitrogens with one attached hydrogen (secondary N) is 1. The van der Waals surface area contributed by atoms with Gasteiger partial charge in [-0.3, -0.25) is 4.79 Å². The highest BCUT2D eigenvalue weighted by molar-refractivity contribution is 9.10. The van der Waals surface area contributed by atoms with Gasteiger partial charge in [-0.05, 0) is 41.9 Å². The first-order valence-corrected chi connectivity index (χ1v) is 6.50. The van der Waals surface area contributed by atoms with Crippen LogP contribution < -0.4 is 11.1 Å². The molecule has 0 saturated heterocycles. The van der Waals surface area contributed by atoms with Crippen LogP contribution in [0.2, 0.25) is 5.02 Å². The smallest absolute Gasteiger partial charge is 0.236 e. The number of rotatable bonds is 3. The SMILES string of the molecule is CC(C)(C(=O)Nc1c(Cl)cc(F)cc1Br)C(N)=S. The maximum absolute atomic E-state index is 13.0. The van der Waals surface area contributed by atoms with E-state index in [1.165, 1.54) is 6.07 Å². The molecule has 3 nitrogen and oxygen atoms in total. The fourth-order valence-corrected chi connectivity index (χ4v) is 2.03. The van der Waals surface area contributed by atoms with Crippen molar-refractivity contribution in [1.82, 2.24) is 0 Å². The minimum atomic E-state index is -1.02. The summed E-state index contributed by atoms with van der Waals surface area (Å²) in [5, 5.41) is 2.67. The third-order valence-electron chi connectivity index (χ3n) is 2.43. The third-order valence-corrected chi connectivity index (χ3v) is 3.86. The van der Waals surface area contributed by atoms with Gasteiger partial charge in [0.25, 0.3) is 0 Å². The number of benzene rings is 1. The van der Waals surface area contributed by atoms with Gasteiger partial charge in [0.15, 0.2) is 0 Å². The molecule has 0 spiro atoms. The highest BCUT2D eigenvalue weighted by Crippen LogP contribution is 2.33. The molecule has 18 heavy (non-hydrogen) atoms. The molecule has 0 unspecified atom stereocenters. The van der Waals surface area contributed by atoms with E-state index < -0.39 is 17.1 Å². The first-order valence-electron chi connectivity index (χ1n) is 4.92. The Morgan fingerprint density at radius 3 is 2.56 bits per heavy atom. The molecule has 0 bridgehead atoms. The maximum atomic E-state index is 13.0. The summed E-state index contributed by atoms with van der Waals surface area (Å²) < 4.78 is 13.4. The van der Waals surface area contributed by atoms with Crippen LogP contribution in [-0.2, 0) is 4.79 Å². The Kier molecular flexibility index (Phi) is 4.69. The van der Waals surface area contributed by atoms with Gasteiger partial charge < -0.3 is 11.1 Å². The number of halogens is 3. The zero-order valence-electron chi connectivity index (χ0n) is 9.68. The van der Waals surface area contributed by atoms with Gasteiger partial charge in [-0.25, -0.2) is 4.39 Å². The second-order valence-corrected chi connectivity index (χ2v) is 5.89. The highest BCUT2D eigenvalue weighted by Gasteiger charge is 2.31. The summed E-state index contributed by atoms with van der Waals surface area (Å²) in [6.07, 6.45) is 0. The third kappa shape index (κ3) is 3.18. The van der Waals surface area contributed by atoms with Crippen LogP contribution in [0.3, 0.4) is 0 Å². The minimum Gasteiger partial charge on any atom is -0.392 e. The van der Waals surface area contributed by atoms with E-state index in [1.807, 2.05) is 0 Å². The number of anilines is 1. The van der Waals surface area contributed by atoms with Crippen LogP contribution in [-0.4, -0.2) is 10.9 Å². The van der Waals surface area contributed by atoms with E-state index >= 15 is 0 Å². The average molecular weight is 354 g/mol. The zero-order valence-corrected chi connectivity index (χ0v) is 12.8. The van der Waals surface area contributed by atoms with Gasteiger partial charge in [0.05, 0.1) is 21.1 Å². The van der Waals surface area contributed by atoms with Crippen LogP contribution in [0.1, 0.15) is 13.8 Å². The molecule has 98 valence electrons. The van der Waals surface area contributed by atoms with Crippen molar-refractivity contribution in [1.29, 1.82) is 0 Å². The summed E-state index contributed by atoms with van der Waals surface area (Å²) >= 11 is 13.8. The molecule has 1 rings (SSSR count). The molecule has 1 aromatic carbocycles. The van der Waals surface area contributed by atoms with Crippen molar-refractivity contribution in [3.8, 4) is 0 Å². The van der Waals surface area contributed by atoms with Gasteiger partial charge in [0, 0.05) is 4.47 Å². The second-order valence-electron chi connectivity index (χ2n) is 4.19. The van der Waals surface area contributed by atoms with E-state index in [1.54, 1.807) is 13.8 Å². The molecule has 7 heteroatoms. The highest BCUT2D eigenvalue weighted by atomic mass is 79.9. The lowest BCUT2D eigenvalue weighted by Gasteiger charge is -2.22. The molecule has 0 aromatic heterocycles. The van der Waals surface area contributed by atoms with Crippen LogP contribution >= 0.6 is 39.7 Å². The van der Waals surface area contributed by atoms with Crippen molar-refractivity contribution in [3.63, 3.8) is 0 Å². The van der Waals surface area contributed by atoms with Crippen LogP contribution in [0.25, 0.3) is 0 Å². The molecule has 3 N–H and O–H groups in total. The predicted molar refractivity (Wildman–Crippen MR) is 78.3 cm³/mol. The molecular weight excluding hydrogens is 343 g/mol. The fourth-order valence-electron chi connectivity index (χ4n) is 1.04. The van der Waals surface area contributed by atoms with Gasteiger partial charge in [0.1, 0.15) is 5.82 Å². The molecule has 0 aliphatic rings. The number of hydrogen-bond acceptors (Lipinski definition) is 2. The molecule has 0 radical (unpaired) electrons. The van der Waals surface area contributed by atoms with Crippen molar-refractivity contribution < 1.29 is 9.18 Å². The van der Waals surface area contributed by atoms with Gasteiger partial charge in [0.2, 0.25) is 5.91 Å². The van der Waals surface area contributed by atoms with Gasteiger partial charge in [-0.1, -0.05) is 23.8 Å². The van der Waals surface area contributed by atoms with E-state index in [2.05, 4.69) is 21.2 Å². The summed E-state index contributed by atoms with van der Waals surface area (Å²) in [6.45, 7) is 3.19. The first-order chi connectivity index (χ1) is 8.16. The zero-order chi connectivity index (χ0) is 14.1. The predicted octanol–water partition coefficient (Wildman–Crippen LogP) is 3.49. The lowest BCUT2D eigenvalue weighted by Crippen LogP contribution is -2.41. The van der Waals surface area contributed by atoms with Crippen molar-refractivity contribution >= 4 is 56.3 Å². The van der Waals surface area contributed by atoms with E-state index in [0.717, 1.165) is 6.07 Å². The summed E-state index contributed by atoms with van der Waals surface area (Å²) in [6, 6.07) is 2.31.